The Bertz CT molecular complexity index is 360. The summed E-state index contributed by atoms with van der Waals surface area (Å²) in [5.41, 5.74) is 0.965. The number of hydrogen-bond acceptors (Lipinski definition) is 3. The van der Waals surface area contributed by atoms with Gasteiger partial charge in [-0.1, -0.05) is 57.0 Å². The Balaban J connectivity index is 2.73. The first-order valence-electron chi connectivity index (χ1n) is 7.17. The molecular weight excluding hydrogens is 238 g/mol. The molecule has 0 aromatic heterocycles. The number of rotatable bonds is 8. The van der Waals surface area contributed by atoms with Gasteiger partial charge in [0, 0.05) is 0 Å². The summed E-state index contributed by atoms with van der Waals surface area (Å²) < 4.78 is 5.16. The van der Waals surface area contributed by atoms with E-state index in [2.05, 4.69) is 19.2 Å². The van der Waals surface area contributed by atoms with E-state index in [1.165, 1.54) is 0 Å². The summed E-state index contributed by atoms with van der Waals surface area (Å²) in [5, 5.41) is 3.35. The Morgan fingerprint density at radius 3 is 2.32 bits per heavy atom. The molecule has 3 nitrogen and oxygen atoms in total. The molecule has 0 heterocycles. The smallest absolute Gasteiger partial charge is 0.327 e. The molecule has 1 atom stereocenters. The molecule has 1 aromatic carbocycles. The zero-order valence-electron chi connectivity index (χ0n) is 12.2. The molecule has 0 spiro atoms. The van der Waals surface area contributed by atoms with Crippen LogP contribution in [0.3, 0.4) is 0 Å². The first kappa shape index (κ1) is 15.7. The van der Waals surface area contributed by atoms with Crippen LogP contribution in [0.1, 0.15) is 45.2 Å². The third kappa shape index (κ3) is 5.03. The van der Waals surface area contributed by atoms with Crippen molar-refractivity contribution in [2.24, 2.45) is 5.92 Å². The van der Waals surface area contributed by atoms with Crippen molar-refractivity contribution >= 4 is 5.97 Å². The molecule has 0 saturated heterocycles. The lowest BCUT2D eigenvalue weighted by Gasteiger charge is -2.21. The minimum atomic E-state index is -0.359. The van der Waals surface area contributed by atoms with E-state index in [4.69, 9.17) is 4.74 Å². The summed E-state index contributed by atoms with van der Waals surface area (Å²) in [6.45, 7) is 7.44. The van der Waals surface area contributed by atoms with Crippen LogP contribution in [0.15, 0.2) is 30.3 Å². The van der Waals surface area contributed by atoms with E-state index >= 15 is 0 Å². The van der Waals surface area contributed by atoms with Crippen molar-refractivity contribution in [2.45, 2.75) is 39.7 Å². The molecule has 1 unspecified atom stereocenters. The Labute approximate surface area is 116 Å². The van der Waals surface area contributed by atoms with Crippen molar-refractivity contribution in [1.82, 2.24) is 5.32 Å². The fraction of sp³-hybridized carbons (Fsp3) is 0.562. The van der Waals surface area contributed by atoms with Gasteiger partial charge in [0.25, 0.3) is 0 Å². The molecule has 0 bridgehead atoms. The van der Waals surface area contributed by atoms with Crippen molar-refractivity contribution in [3.05, 3.63) is 35.9 Å². The first-order valence-corrected chi connectivity index (χ1v) is 7.17. The largest absolute Gasteiger partial charge is 0.465 e. The van der Waals surface area contributed by atoms with Crippen LogP contribution in [-0.2, 0) is 9.53 Å². The van der Waals surface area contributed by atoms with Crippen molar-refractivity contribution < 1.29 is 9.53 Å². The summed E-state index contributed by atoms with van der Waals surface area (Å²) in [7, 11) is 0. The lowest BCUT2D eigenvalue weighted by molar-refractivity contribution is -0.145. The molecule has 106 valence electrons. The summed E-state index contributed by atoms with van der Waals surface area (Å²) in [4.78, 5) is 12.0. The van der Waals surface area contributed by atoms with Crippen LogP contribution in [0.5, 0.6) is 0 Å². The molecule has 1 rings (SSSR count). The first-order chi connectivity index (χ1) is 9.22. The van der Waals surface area contributed by atoms with E-state index in [1.807, 2.05) is 37.3 Å². The van der Waals surface area contributed by atoms with E-state index in [0.29, 0.717) is 12.5 Å². The second kappa shape index (κ2) is 8.70. The second-order valence-electron chi connectivity index (χ2n) is 4.69. The Hall–Kier alpha value is -1.35. The molecule has 1 N–H and O–H groups in total. The fourth-order valence-electron chi connectivity index (χ4n) is 2.07. The minimum absolute atomic E-state index is 0.195. The maximum atomic E-state index is 12.0. The minimum Gasteiger partial charge on any atom is -0.465 e. The Kier molecular flexibility index (Phi) is 7.19. The molecule has 0 saturated carbocycles. The van der Waals surface area contributed by atoms with Gasteiger partial charge >= 0.3 is 5.97 Å². The van der Waals surface area contributed by atoms with Crippen molar-refractivity contribution in [3.63, 3.8) is 0 Å². The van der Waals surface area contributed by atoms with Crippen molar-refractivity contribution in [2.75, 3.05) is 13.2 Å². The molecule has 3 heteroatoms. The second-order valence-corrected chi connectivity index (χ2v) is 4.69. The molecule has 0 aliphatic rings. The topological polar surface area (TPSA) is 38.3 Å². The monoisotopic (exact) mass is 263 g/mol. The van der Waals surface area contributed by atoms with Crippen LogP contribution in [0, 0.1) is 5.92 Å². The molecule has 0 fully saturated rings. The highest BCUT2D eigenvalue weighted by Gasteiger charge is 2.21. The fourth-order valence-corrected chi connectivity index (χ4v) is 2.07. The number of carbonyl (C=O) groups is 1. The number of hydrogen-bond donors (Lipinski definition) is 1. The SMILES string of the molecule is CCOC(=O)C(NCC(CC)CC)c1ccccc1. The van der Waals surface area contributed by atoms with Crippen LogP contribution in [0.2, 0.25) is 0 Å². The normalized spacial score (nSPS) is 12.4. The van der Waals surface area contributed by atoms with E-state index < -0.39 is 0 Å². The molecule has 0 aliphatic carbocycles. The molecule has 19 heavy (non-hydrogen) atoms. The predicted molar refractivity (Wildman–Crippen MR) is 77.9 cm³/mol. The molecule has 0 aliphatic heterocycles. The van der Waals surface area contributed by atoms with Crippen molar-refractivity contribution in [3.8, 4) is 0 Å². The van der Waals surface area contributed by atoms with Crippen LogP contribution >= 0.6 is 0 Å². The van der Waals surface area contributed by atoms with Gasteiger partial charge in [-0.05, 0) is 24.9 Å². The predicted octanol–water partition coefficient (Wildman–Crippen LogP) is 3.32. The van der Waals surface area contributed by atoms with Gasteiger partial charge in [0.05, 0.1) is 6.61 Å². The van der Waals surface area contributed by atoms with Gasteiger partial charge in [0.1, 0.15) is 6.04 Å². The average molecular weight is 263 g/mol. The van der Waals surface area contributed by atoms with Gasteiger partial charge in [-0.25, -0.2) is 4.79 Å². The molecular formula is C16H25NO2. The standard InChI is InChI=1S/C16H25NO2/c1-4-13(5-2)12-17-15(16(18)19-6-3)14-10-8-7-9-11-14/h7-11,13,15,17H,4-6,12H2,1-3H3. The summed E-state index contributed by atoms with van der Waals surface area (Å²) in [5.74, 6) is 0.403. The van der Waals surface area contributed by atoms with Gasteiger partial charge in [-0.15, -0.1) is 0 Å². The van der Waals surface area contributed by atoms with Crippen molar-refractivity contribution in [1.29, 1.82) is 0 Å². The van der Waals surface area contributed by atoms with Gasteiger partial charge in [-0.3, -0.25) is 0 Å². The maximum Gasteiger partial charge on any atom is 0.327 e. The third-order valence-electron chi connectivity index (χ3n) is 3.42. The van der Waals surface area contributed by atoms with Crippen LogP contribution < -0.4 is 5.32 Å². The molecule has 1 aromatic rings. The Morgan fingerprint density at radius 1 is 1.16 bits per heavy atom. The van der Waals surface area contributed by atoms with E-state index in [0.717, 1.165) is 24.9 Å². The quantitative estimate of drug-likeness (QED) is 0.731. The number of carbonyl (C=O) groups excluding carboxylic acids is 1. The van der Waals surface area contributed by atoms with Gasteiger partial charge in [0.2, 0.25) is 0 Å². The Morgan fingerprint density at radius 2 is 1.79 bits per heavy atom. The highest BCUT2D eigenvalue weighted by Crippen LogP contribution is 2.16. The summed E-state index contributed by atoms with van der Waals surface area (Å²) in [6, 6.07) is 9.40. The van der Waals surface area contributed by atoms with Crippen LogP contribution in [-0.4, -0.2) is 19.1 Å². The number of nitrogens with one attached hydrogen (secondary N) is 1. The van der Waals surface area contributed by atoms with E-state index in [1.54, 1.807) is 0 Å². The maximum absolute atomic E-state index is 12.0. The number of ether oxygens (including phenoxy) is 1. The van der Waals surface area contributed by atoms with E-state index in [-0.39, 0.29) is 12.0 Å². The van der Waals surface area contributed by atoms with E-state index in [9.17, 15) is 4.79 Å². The summed E-state index contributed by atoms with van der Waals surface area (Å²) in [6.07, 6.45) is 2.24. The van der Waals surface area contributed by atoms with Gasteiger partial charge in [-0.2, -0.15) is 0 Å². The zero-order chi connectivity index (χ0) is 14.1. The average Bonchev–Trinajstić information content (AvgIpc) is 2.45. The zero-order valence-corrected chi connectivity index (χ0v) is 12.2. The van der Waals surface area contributed by atoms with Crippen LogP contribution in [0.4, 0.5) is 0 Å². The number of esters is 1. The molecule has 0 amide bonds. The van der Waals surface area contributed by atoms with Gasteiger partial charge in [0.15, 0.2) is 0 Å². The number of benzene rings is 1. The van der Waals surface area contributed by atoms with Crippen LogP contribution in [0.25, 0.3) is 0 Å². The highest BCUT2D eigenvalue weighted by atomic mass is 16.5. The third-order valence-corrected chi connectivity index (χ3v) is 3.42. The lowest BCUT2D eigenvalue weighted by Crippen LogP contribution is -2.33. The van der Waals surface area contributed by atoms with Gasteiger partial charge < -0.3 is 10.1 Å². The highest BCUT2D eigenvalue weighted by molar-refractivity contribution is 5.77. The molecule has 0 radical (unpaired) electrons. The summed E-state index contributed by atoms with van der Waals surface area (Å²) >= 11 is 0. The lowest BCUT2D eigenvalue weighted by atomic mass is 10.0.